The number of primary sulfonamides is 1. The van der Waals surface area contributed by atoms with Gasteiger partial charge in [-0.2, -0.15) is 0 Å². The Hall–Kier alpha value is -1.93. The second kappa shape index (κ2) is 10.6. The van der Waals surface area contributed by atoms with Gasteiger partial charge in [0.1, 0.15) is 0 Å². The Morgan fingerprint density at radius 2 is 1.75 bits per heavy atom. The summed E-state index contributed by atoms with van der Waals surface area (Å²) < 4.78 is 24.2. The van der Waals surface area contributed by atoms with Crippen LogP contribution in [-0.2, 0) is 14.8 Å². The van der Waals surface area contributed by atoms with E-state index in [9.17, 15) is 13.2 Å². The number of aliphatic carboxylic acids is 1. The maximum atomic E-state index is 12.1. The molecule has 0 aliphatic heterocycles. The molecule has 2 rings (SSSR count). The van der Waals surface area contributed by atoms with Crippen molar-refractivity contribution >= 4 is 27.6 Å². The lowest BCUT2D eigenvalue weighted by Gasteiger charge is -2.22. The monoisotopic (exact) mass is 424 g/mol. The number of nitrogens with one attached hydrogen (secondary N) is 1. The van der Waals surface area contributed by atoms with E-state index in [1.807, 2.05) is 30.3 Å². The highest BCUT2D eigenvalue weighted by Crippen LogP contribution is 2.29. The van der Waals surface area contributed by atoms with Crippen molar-refractivity contribution in [1.82, 2.24) is 5.32 Å². The molecule has 0 heterocycles. The van der Waals surface area contributed by atoms with Gasteiger partial charge in [-0.3, -0.25) is 4.79 Å². The van der Waals surface area contributed by atoms with Crippen LogP contribution in [0.2, 0.25) is 5.02 Å². The van der Waals surface area contributed by atoms with Crippen LogP contribution < -0.4 is 10.5 Å². The summed E-state index contributed by atoms with van der Waals surface area (Å²) in [5.41, 5.74) is 1.46. The van der Waals surface area contributed by atoms with Crippen molar-refractivity contribution in [2.24, 2.45) is 5.14 Å². The second-order valence-corrected chi connectivity index (χ2v) is 8.55. The summed E-state index contributed by atoms with van der Waals surface area (Å²) in [4.78, 5) is 10.5. The van der Waals surface area contributed by atoms with Crippen molar-refractivity contribution in [1.29, 1.82) is 0 Å². The van der Waals surface area contributed by atoms with Crippen molar-refractivity contribution in [3.05, 3.63) is 64.7 Å². The molecule has 28 heavy (non-hydrogen) atoms. The smallest absolute Gasteiger partial charge is 0.303 e. The molecular formula is C20H25ClN2O4S. The van der Waals surface area contributed by atoms with Gasteiger partial charge in [-0.25, -0.2) is 13.6 Å². The van der Waals surface area contributed by atoms with Crippen molar-refractivity contribution in [2.45, 2.75) is 43.0 Å². The van der Waals surface area contributed by atoms with Crippen LogP contribution in [0.4, 0.5) is 0 Å². The molecule has 4 N–H and O–H groups in total. The van der Waals surface area contributed by atoms with E-state index in [1.54, 1.807) is 12.1 Å². The number of halogens is 1. The lowest BCUT2D eigenvalue weighted by atomic mass is 9.98. The molecule has 2 aromatic rings. The Labute approximate surface area is 170 Å². The number of nitrogens with two attached hydrogens (primary N) is 1. The number of hydrogen-bond acceptors (Lipinski definition) is 4. The summed E-state index contributed by atoms with van der Waals surface area (Å²) in [7, 11) is -3.94. The van der Waals surface area contributed by atoms with Gasteiger partial charge >= 0.3 is 5.97 Å². The van der Waals surface area contributed by atoms with Gasteiger partial charge in [-0.1, -0.05) is 60.8 Å². The number of sulfonamides is 1. The van der Waals surface area contributed by atoms with Gasteiger partial charge in [0, 0.05) is 11.4 Å². The van der Waals surface area contributed by atoms with E-state index in [2.05, 4.69) is 5.32 Å². The number of carboxylic acid groups (broad SMARTS) is 1. The first-order chi connectivity index (χ1) is 13.3. The Morgan fingerprint density at radius 1 is 1.07 bits per heavy atom. The summed E-state index contributed by atoms with van der Waals surface area (Å²) in [6.07, 6.45) is 3.42. The van der Waals surface area contributed by atoms with Crippen LogP contribution in [0.3, 0.4) is 0 Å². The first kappa shape index (κ1) is 22.4. The molecule has 0 saturated heterocycles. The fourth-order valence-corrected chi connectivity index (χ4v) is 4.09. The number of carbonyl (C=O) groups is 1. The van der Waals surface area contributed by atoms with Crippen LogP contribution in [0, 0.1) is 0 Å². The molecule has 0 fully saturated rings. The maximum absolute atomic E-state index is 12.1. The highest BCUT2D eigenvalue weighted by atomic mass is 35.5. The lowest BCUT2D eigenvalue weighted by Crippen LogP contribution is -2.26. The minimum Gasteiger partial charge on any atom is -0.481 e. The SMILES string of the molecule is NS(=O)(=O)c1cc(Cl)ccc1C(NCCCCCCC(=O)O)c1ccccc1. The van der Waals surface area contributed by atoms with Gasteiger partial charge in [-0.05, 0) is 42.6 Å². The van der Waals surface area contributed by atoms with E-state index in [-0.39, 0.29) is 17.4 Å². The zero-order chi connectivity index (χ0) is 20.6. The third-order valence-corrected chi connectivity index (χ3v) is 5.59. The Balaban J connectivity index is 2.15. The fourth-order valence-electron chi connectivity index (χ4n) is 3.05. The minimum absolute atomic E-state index is 0.00260. The molecule has 1 atom stereocenters. The molecule has 2 aromatic carbocycles. The van der Waals surface area contributed by atoms with E-state index in [0.717, 1.165) is 24.8 Å². The Bertz CT molecular complexity index is 888. The largest absolute Gasteiger partial charge is 0.481 e. The van der Waals surface area contributed by atoms with Crippen molar-refractivity contribution < 1.29 is 18.3 Å². The van der Waals surface area contributed by atoms with Gasteiger partial charge in [0.2, 0.25) is 10.0 Å². The Kier molecular flexibility index (Phi) is 8.44. The summed E-state index contributed by atoms with van der Waals surface area (Å²) in [6, 6.07) is 13.9. The molecule has 0 spiro atoms. The second-order valence-electron chi connectivity index (χ2n) is 6.58. The predicted molar refractivity (Wildman–Crippen MR) is 110 cm³/mol. The van der Waals surface area contributed by atoms with Crippen LogP contribution >= 0.6 is 11.6 Å². The first-order valence-corrected chi connectivity index (χ1v) is 11.0. The third kappa shape index (κ3) is 6.91. The van der Waals surface area contributed by atoms with Gasteiger partial charge in [-0.15, -0.1) is 0 Å². The molecular weight excluding hydrogens is 400 g/mol. The van der Waals surface area contributed by atoms with Gasteiger partial charge in [0.05, 0.1) is 10.9 Å². The lowest BCUT2D eigenvalue weighted by molar-refractivity contribution is -0.137. The summed E-state index contributed by atoms with van der Waals surface area (Å²) in [6.45, 7) is 0.652. The number of carboxylic acids is 1. The van der Waals surface area contributed by atoms with Crippen molar-refractivity contribution in [3.8, 4) is 0 Å². The number of hydrogen-bond donors (Lipinski definition) is 3. The molecule has 152 valence electrons. The van der Waals surface area contributed by atoms with Crippen LogP contribution in [0.15, 0.2) is 53.4 Å². The fraction of sp³-hybridized carbons (Fsp3) is 0.350. The third-order valence-electron chi connectivity index (χ3n) is 4.39. The van der Waals surface area contributed by atoms with Crippen molar-refractivity contribution in [2.75, 3.05) is 6.54 Å². The summed E-state index contributed by atoms with van der Waals surface area (Å²) in [5.74, 6) is -0.777. The van der Waals surface area contributed by atoms with Crippen LogP contribution in [0.5, 0.6) is 0 Å². The molecule has 0 aliphatic rings. The van der Waals surface area contributed by atoms with Crippen LogP contribution in [0.25, 0.3) is 0 Å². The van der Waals surface area contributed by atoms with Crippen LogP contribution in [0.1, 0.15) is 49.3 Å². The van der Waals surface area contributed by atoms with Gasteiger partial charge in [0.25, 0.3) is 0 Å². The van der Waals surface area contributed by atoms with E-state index >= 15 is 0 Å². The minimum atomic E-state index is -3.94. The summed E-state index contributed by atoms with van der Waals surface area (Å²) >= 11 is 5.99. The highest BCUT2D eigenvalue weighted by Gasteiger charge is 2.22. The number of unbranched alkanes of at least 4 members (excludes halogenated alkanes) is 3. The molecule has 0 amide bonds. The molecule has 0 saturated carbocycles. The quantitative estimate of drug-likeness (QED) is 0.476. The first-order valence-electron chi connectivity index (χ1n) is 9.11. The summed E-state index contributed by atoms with van der Waals surface area (Å²) in [5, 5.41) is 17.8. The standard InChI is InChI=1S/C20H25ClN2O4S/c21-16-11-12-17(18(14-16)28(22,26)27)20(15-8-4-3-5-9-15)23-13-7-2-1-6-10-19(24)25/h3-5,8-9,11-12,14,20,23H,1-2,6-7,10,13H2,(H,24,25)(H2,22,26,27). The Morgan fingerprint density at radius 3 is 2.39 bits per heavy atom. The van der Waals surface area contributed by atoms with E-state index in [1.165, 1.54) is 6.07 Å². The zero-order valence-electron chi connectivity index (χ0n) is 15.5. The number of benzene rings is 2. The molecule has 0 bridgehead atoms. The predicted octanol–water partition coefficient (Wildman–Crippen LogP) is 3.70. The average Bonchev–Trinajstić information content (AvgIpc) is 2.64. The van der Waals surface area contributed by atoms with Crippen molar-refractivity contribution in [3.63, 3.8) is 0 Å². The average molecular weight is 425 g/mol. The van der Waals surface area contributed by atoms with E-state index < -0.39 is 16.0 Å². The highest BCUT2D eigenvalue weighted by molar-refractivity contribution is 7.89. The molecule has 8 heteroatoms. The van der Waals surface area contributed by atoms with Gasteiger partial charge < -0.3 is 10.4 Å². The molecule has 0 aromatic heterocycles. The molecule has 1 unspecified atom stereocenters. The maximum Gasteiger partial charge on any atom is 0.303 e. The zero-order valence-corrected chi connectivity index (χ0v) is 17.0. The molecule has 0 aliphatic carbocycles. The van der Waals surface area contributed by atoms with E-state index in [4.69, 9.17) is 21.8 Å². The number of rotatable bonds is 11. The van der Waals surface area contributed by atoms with Crippen LogP contribution in [-0.4, -0.2) is 26.0 Å². The molecule has 0 radical (unpaired) electrons. The van der Waals surface area contributed by atoms with E-state index in [0.29, 0.717) is 23.6 Å². The molecule has 6 nitrogen and oxygen atoms in total. The van der Waals surface area contributed by atoms with Gasteiger partial charge in [0.15, 0.2) is 0 Å². The topological polar surface area (TPSA) is 109 Å². The normalized spacial score (nSPS) is 12.6.